The second-order valence-corrected chi connectivity index (χ2v) is 3.87. The summed E-state index contributed by atoms with van der Waals surface area (Å²) < 4.78 is 3.89. The van der Waals surface area contributed by atoms with Gasteiger partial charge in [-0.05, 0) is 0 Å². The van der Waals surface area contributed by atoms with Crippen molar-refractivity contribution < 1.29 is 14.3 Å². The van der Waals surface area contributed by atoms with Crippen LogP contribution in [0.2, 0.25) is 0 Å². The summed E-state index contributed by atoms with van der Waals surface area (Å²) in [6, 6.07) is 0. The van der Waals surface area contributed by atoms with Gasteiger partial charge >= 0.3 is 11.9 Å². The Morgan fingerprint density at radius 3 is 2.11 bits per heavy atom. The van der Waals surface area contributed by atoms with Crippen LogP contribution in [0.25, 0.3) is 0 Å². The molecule has 1 saturated heterocycles. The number of carbonyl (C=O) groups excluding carboxylic acids is 2. The molecule has 1 fully saturated rings. The summed E-state index contributed by atoms with van der Waals surface area (Å²) >= 11 is 4.86. The Hall–Kier alpha value is 0.350. The fourth-order valence-electron chi connectivity index (χ4n) is 0.451. The number of hydrogen-bond acceptors (Lipinski definition) is 3. The molecule has 0 aromatic heterocycles. The largest absolute Gasteiger partial charge is 0.391 e. The molecule has 0 bridgehead atoms. The Kier molecular flexibility index (Phi) is 2.10. The average Bonchev–Trinajstić information content (AvgIpc) is 1.98. The first kappa shape index (κ1) is 7.46. The van der Waals surface area contributed by atoms with Gasteiger partial charge in [0, 0.05) is 0 Å². The number of esters is 2. The Bertz CT molecular complexity index is 151. The minimum atomic E-state index is -0.487. The maximum Gasteiger partial charge on any atom is 0.329 e. The first-order chi connectivity index (χ1) is 4.13. The number of rotatable bonds is 0. The zero-order valence-corrected chi connectivity index (χ0v) is 7.88. The van der Waals surface area contributed by atoms with E-state index in [1.807, 2.05) is 22.6 Å². The van der Waals surface area contributed by atoms with Crippen molar-refractivity contribution in [2.24, 2.45) is 0 Å². The molecule has 0 aromatic rings. The summed E-state index contributed by atoms with van der Waals surface area (Å²) in [5.74, 6) is -0.943. The summed E-state index contributed by atoms with van der Waals surface area (Å²) in [6.45, 7) is 0. The third-order valence-electron chi connectivity index (χ3n) is 0.908. The van der Waals surface area contributed by atoms with Crippen molar-refractivity contribution in [1.82, 2.24) is 0 Å². The van der Waals surface area contributed by atoms with Gasteiger partial charge in [0.1, 0.15) is 8.75 Å². The number of ether oxygens (including phenoxy) is 1. The van der Waals surface area contributed by atoms with E-state index in [-0.39, 0.29) is 3.92 Å². The first-order valence-electron chi connectivity index (χ1n) is 2.16. The maximum absolute atomic E-state index is 10.5. The third kappa shape index (κ3) is 1.26. The van der Waals surface area contributed by atoms with Crippen LogP contribution in [-0.4, -0.2) is 20.7 Å². The van der Waals surface area contributed by atoms with E-state index in [0.717, 1.165) is 0 Å². The number of carbonyl (C=O) groups is 2. The maximum atomic E-state index is 10.5. The van der Waals surface area contributed by atoms with Gasteiger partial charge in [0.25, 0.3) is 0 Å². The number of halogens is 2. The summed E-state index contributed by atoms with van der Waals surface area (Å²) in [5.41, 5.74) is 0. The van der Waals surface area contributed by atoms with Crippen LogP contribution in [0.15, 0.2) is 0 Å². The molecule has 1 rings (SSSR count). The molecular formula is C4H2BrIO3. The first-order valence-corrected chi connectivity index (χ1v) is 4.32. The molecule has 1 heterocycles. The van der Waals surface area contributed by atoms with Crippen molar-refractivity contribution in [3.05, 3.63) is 0 Å². The van der Waals surface area contributed by atoms with E-state index in [2.05, 4.69) is 20.7 Å². The van der Waals surface area contributed by atoms with Crippen LogP contribution >= 0.6 is 38.5 Å². The lowest BCUT2D eigenvalue weighted by Gasteiger charge is -1.92. The highest BCUT2D eigenvalue weighted by Gasteiger charge is 2.40. The molecule has 0 aliphatic carbocycles. The average molecular weight is 305 g/mol. The molecule has 0 radical (unpaired) electrons. The van der Waals surface area contributed by atoms with Crippen molar-refractivity contribution in [3.63, 3.8) is 0 Å². The highest BCUT2D eigenvalue weighted by molar-refractivity contribution is 14.1. The highest BCUT2D eigenvalue weighted by atomic mass is 127. The number of cyclic esters (lactones) is 2. The SMILES string of the molecule is O=C1OC(=O)C(I)C1Br. The monoisotopic (exact) mass is 304 g/mol. The zero-order valence-electron chi connectivity index (χ0n) is 4.14. The van der Waals surface area contributed by atoms with Gasteiger partial charge in [-0.2, -0.15) is 0 Å². The zero-order chi connectivity index (χ0) is 7.02. The van der Waals surface area contributed by atoms with Crippen LogP contribution in [0.3, 0.4) is 0 Å². The molecule has 1 aliphatic heterocycles. The Morgan fingerprint density at radius 2 is 2.00 bits per heavy atom. The Labute approximate surface area is 73.4 Å². The molecule has 0 spiro atoms. The summed E-state index contributed by atoms with van der Waals surface area (Å²) in [4.78, 5) is 20.6. The molecule has 0 N–H and O–H groups in total. The predicted molar refractivity (Wildman–Crippen MR) is 41.6 cm³/mol. The lowest BCUT2D eigenvalue weighted by molar-refractivity contribution is -0.151. The van der Waals surface area contributed by atoms with Crippen molar-refractivity contribution in [2.75, 3.05) is 0 Å². The molecule has 50 valence electrons. The van der Waals surface area contributed by atoms with E-state index in [9.17, 15) is 9.59 Å². The molecule has 0 amide bonds. The Balaban J connectivity index is 2.77. The van der Waals surface area contributed by atoms with Crippen molar-refractivity contribution >= 4 is 50.5 Å². The molecule has 5 heteroatoms. The molecule has 1 aliphatic rings. The summed E-state index contributed by atoms with van der Waals surface area (Å²) in [7, 11) is 0. The smallest absolute Gasteiger partial charge is 0.329 e. The fourth-order valence-corrected chi connectivity index (χ4v) is 1.18. The fraction of sp³-hybridized carbons (Fsp3) is 0.500. The van der Waals surface area contributed by atoms with E-state index < -0.39 is 16.8 Å². The van der Waals surface area contributed by atoms with Gasteiger partial charge < -0.3 is 4.74 Å². The van der Waals surface area contributed by atoms with Gasteiger partial charge in [-0.3, -0.25) is 9.59 Å². The van der Waals surface area contributed by atoms with E-state index in [1.54, 1.807) is 0 Å². The number of hydrogen-bond donors (Lipinski definition) is 0. The minimum absolute atomic E-state index is 0.366. The lowest BCUT2D eigenvalue weighted by atomic mass is 10.4. The van der Waals surface area contributed by atoms with Gasteiger partial charge in [0.2, 0.25) is 0 Å². The minimum Gasteiger partial charge on any atom is -0.391 e. The van der Waals surface area contributed by atoms with E-state index >= 15 is 0 Å². The summed E-state index contributed by atoms with van der Waals surface area (Å²) in [5, 5.41) is 0. The molecule has 3 nitrogen and oxygen atoms in total. The molecular weight excluding hydrogens is 303 g/mol. The van der Waals surface area contributed by atoms with E-state index in [4.69, 9.17) is 0 Å². The highest BCUT2D eigenvalue weighted by Crippen LogP contribution is 2.23. The van der Waals surface area contributed by atoms with Gasteiger partial charge in [-0.25, -0.2) is 0 Å². The molecule has 2 atom stereocenters. The van der Waals surface area contributed by atoms with E-state index in [0.29, 0.717) is 0 Å². The topological polar surface area (TPSA) is 43.4 Å². The number of alkyl halides is 2. The second kappa shape index (κ2) is 2.53. The van der Waals surface area contributed by atoms with Gasteiger partial charge in [-0.15, -0.1) is 0 Å². The standard InChI is InChI=1S/C4H2BrIO3/c5-1-2(6)4(8)9-3(1)7/h1-2H. The van der Waals surface area contributed by atoms with Crippen molar-refractivity contribution in [3.8, 4) is 0 Å². The predicted octanol–water partition coefficient (Wildman–Crippen LogP) is 0.637. The van der Waals surface area contributed by atoms with Crippen LogP contribution in [-0.2, 0) is 14.3 Å². The second-order valence-electron chi connectivity index (χ2n) is 1.54. The van der Waals surface area contributed by atoms with Gasteiger partial charge in [0.05, 0.1) is 0 Å². The van der Waals surface area contributed by atoms with Crippen LogP contribution in [0.4, 0.5) is 0 Å². The molecule has 9 heavy (non-hydrogen) atoms. The van der Waals surface area contributed by atoms with Crippen LogP contribution in [0.5, 0.6) is 0 Å². The lowest BCUT2D eigenvalue weighted by Crippen LogP contribution is -2.15. The normalized spacial score (nSPS) is 34.9. The van der Waals surface area contributed by atoms with Crippen LogP contribution < -0.4 is 0 Å². The molecule has 0 aromatic carbocycles. The van der Waals surface area contributed by atoms with Crippen molar-refractivity contribution in [2.45, 2.75) is 8.75 Å². The van der Waals surface area contributed by atoms with Crippen molar-refractivity contribution in [1.29, 1.82) is 0 Å². The summed E-state index contributed by atoms with van der Waals surface area (Å²) in [6.07, 6.45) is 0. The van der Waals surface area contributed by atoms with Crippen LogP contribution in [0, 0.1) is 0 Å². The van der Waals surface area contributed by atoms with Crippen LogP contribution in [0.1, 0.15) is 0 Å². The molecule has 0 saturated carbocycles. The Morgan fingerprint density at radius 1 is 1.44 bits per heavy atom. The van der Waals surface area contributed by atoms with Gasteiger partial charge in [0.15, 0.2) is 0 Å². The molecule has 2 unspecified atom stereocenters. The quantitative estimate of drug-likeness (QED) is 0.285. The third-order valence-corrected chi connectivity index (χ3v) is 4.03. The van der Waals surface area contributed by atoms with E-state index in [1.165, 1.54) is 0 Å². The van der Waals surface area contributed by atoms with Gasteiger partial charge in [-0.1, -0.05) is 38.5 Å².